The zero-order valence-electron chi connectivity index (χ0n) is 16.8. The minimum Gasteiger partial charge on any atom is -0.278 e. The Labute approximate surface area is 188 Å². The summed E-state index contributed by atoms with van der Waals surface area (Å²) in [5.74, 6) is 0.0234. The molecule has 0 spiro atoms. The van der Waals surface area contributed by atoms with Crippen LogP contribution in [0.15, 0.2) is 93.8 Å². The van der Waals surface area contributed by atoms with Gasteiger partial charge in [-0.1, -0.05) is 72.9 Å². The molecular weight excluding hydrogens is 426 g/mol. The summed E-state index contributed by atoms with van der Waals surface area (Å²) in [7, 11) is 0. The van der Waals surface area contributed by atoms with Gasteiger partial charge in [-0.3, -0.25) is 9.69 Å². The third-order valence-electron chi connectivity index (χ3n) is 4.99. The molecule has 1 amide bonds. The summed E-state index contributed by atoms with van der Waals surface area (Å²) >= 11 is 3.09. The highest BCUT2D eigenvalue weighted by Crippen LogP contribution is 2.48. The molecule has 0 N–H and O–H groups in total. The number of anilines is 2. The lowest BCUT2D eigenvalue weighted by atomic mass is 10.2. The van der Waals surface area contributed by atoms with Gasteiger partial charge in [0.1, 0.15) is 0 Å². The molecular formula is C23H19N5OS2. The lowest BCUT2D eigenvalue weighted by Gasteiger charge is -2.33. The minimum absolute atomic E-state index is 0.0234. The van der Waals surface area contributed by atoms with E-state index in [1.165, 1.54) is 11.8 Å². The van der Waals surface area contributed by atoms with Crippen LogP contribution in [-0.4, -0.2) is 31.4 Å². The number of aromatic nitrogens is 4. The third kappa shape index (κ3) is 3.73. The van der Waals surface area contributed by atoms with Crippen LogP contribution in [0.3, 0.4) is 0 Å². The van der Waals surface area contributed by atoms with Crippen molar-refractivity contribution in [3.05, 3.63) is 78.9 Å². The predicted octanol–water partition coefficient (Wildman–Crippen LogP) is 5.36. The van der Waals surface area contributed by atoms with Crippen molar-refractivity contribution in [1.29, 1.82) is 0 Å². The fraction of sp³-hybridized carbons (Fsp3) is 0.130. The van der Waals surface area contributed by atoms with Gasteiger partial charge in [0.25, 0.3) is 0 Å². The van der Waals surface area contributed by atoms with Gasteiger partial charge in [-0.15, -0.1) is 5.10 Å². The molecule has 4 aromatic rings. The topological polar surface area (TPSA) is 63.9 Å². The Morgan fingerprint density at radius 3 is 2.19 bits per heavy atom. The van der Waals surface area contributed by atoms with Gasteiger partial charge < -0.3 is 0 Å². The standard InChI is InChI=1S/C23H19N5OS2/c1-2-19(31-23-24-25-26-28(23)16-10-4-3-5-11-16)22(29)27-17-12-6-8-14-20(17)30-21-15-9-7-13-18(21)27/h3-15,19H,2H2,1H3/t19-/m0/s1. The maximum Gasteiger partial charge on any atom is 0.245 e. The van der Waals surface area contributed by atoms with E-state index < -0.39 is 0 Å². The molecule has 1 aromatic heterocycles. The Balaban J connectivity index is 1.50. The van der Waals surface area contributed by atoms with Crippen molar-refractivity contribution in [3.8, 4) is 5.69 Å². The predicted molar refractivity (Wildman–Crippen MR) is 123 cm³/mol. The van der Waals surface area contributed by atoms with Crippen molar-refractivity contribution in [1.82, 2.24) is 20.2 Å². The van der Waals surface area contributed by atoms with Crippen LogP contribution in [0.1, 0.15) is 13.3 Å². The van der Waals surface area contributed by atoms with Crippen LogP contribution >= 0.6 is 23.5 Å². The molecule has 2 heterocycles. The second-order valence-corrected chi connectivity index (χ2v) is 9.19. The Bertz CT molecular complexity index is 1180. The molecule has 154 valence electrons. The number of carbonyl (C=O) groups excluding carboxylic acids is 1. The van der Waals surface area contributed by atoms with E-state index in [0.29, 0.717) is 11.6 Å². The molecule has 1 atom stereocenters. The Morgan fingerprint density at radius 1 is 0.935 bits per heavy atom. The lowest BCUT2D eigenvalue weighted by Crippen LogP contribution is -2.35. The summed E-state index contributed by atoms with van der Waals surface area (Å²) in [6, 6.07) is 25.8. The number of thioether (sulfide) groups is 1. The van der Waals surface area contributed by atoms with Gasteiger partial charge in [-0.2, -0.15) is 4.68 Å². The van der Waals surface area contributed by atoms with E-state index in [4.69, 9.17) is 0 Å². The first-order valence-corrected chi connectivity index (χ1v) is 11.7. The van der Waals surface area contributed by atoms with Gasteiger partial charge in [-0.25, -0.2) is 0 Å². The number of tetrazole rings is 1. The second kappa shape index (κ2) is 8.56. The zero-order valence-corrected chi connectivity index (χ0v) is 18.4. The third-order valence-corrected chi connectivity index (χ3v) is 7.40. The average molecular weight is 446 g/mol. The number of carbonyl (C=O) groups is 1. The first-order valence-electron chi connectivity index (χ1n) is 9.96. The molecule has 1 aliphatic rings. The number of nitrogens with zero attached hydrogens (tertiary/aromatic N) is 5. The fourth-order valence-electron chi connectivity index (χ4n) is 3.51. The van der Waals surface area contributed by atoms with Crippen LogP contribution in [0.2, 0.25) is 0 Å². The SMILES string of the molecule is CC[C@H](Sc1nnnn1-c1ccccc1)C(=O)N1c2ccccc2Sc2ccccc21. The van der Waals surface area contributed by atoms with E-state index in [0.717, 1.165) is 26.9 Å². The van der Waals surface area contributed by atoms with Crippen molar-refractivity contribution in [2.45, 2.75) is 33.5 Å². The first-order chi connectivity index (χ1) is 15.3. The highest BCUT2D eigenvalue weighted by molar-refractivity contribution is 8.00. The number of rotatable bonds is 5. The summed E-state index contributed by atoms with van der Waals surface area (Å²) in [4.78, 5) is 17.8. The highest BCUT2D eigenvalue weighted by Gasteiger charge is 2.33. The number of hydrogen-bond acceptors (Lipinski definition) is 6. The monoisotopic (exact) mass is 445 g/mol. The molecule has 0 fully saturated rings. The van der Waals surface area contributed by atoms with Gasteiger partial charge in [0.05, 0.1) is 22.3 Å². The van der Waals surface area contributed by atoms with E-state index in [9.17, 15) is 4.79 Å². The molecule has 8 heteroatoms. The first kappa shape index (κ1) is 19.8. The van der Waals surface area contributed by atoms with E-state index in [-0.39, 0.29) is 11.2 Å². The van der Waals surface area contributed by atoms with Gasteiger partial charge in [-0.05, 0) is 53.2 Å². The Kier molecular flexibility index (Phi) is 5.48. The van der Waals surface area contributed by atoms with Crippen LogP contribution in [0.5, 0.6) is 0 Å². The number of para-hydroxylation sites is 3. The van der Waals surface area contributed by atoms with Crippen LogP contribution in [0, 0.1) is 0 Å². The Morgan fingerprint density at radius 2 is 1.55 bits per heavy atom. The maximum atomic E-state index is 13.8. The maximum absolute atomic E-state index is 13.8. The summed E-state index contributed by atoms with van der Waals surface area (Å²) < 4.78 is 1.68. The molecule has 0 bridgehead atoms. The van der Waals surface area contributed by atoms with Crippen molar-refractivity contribution in [2.75, 3.05) is 4.90 Å². The van der Waals surface area contributed by atoms with Crippen LogP contribution in [0.25, 0.3) is 5.69 Å². The van der Waals surface area contributed by atoms with Gasteiger partial charge >= 0.3 is 0 Å². The molecule has 3 aromatic carbocycles. The average Bonchev–Trinajstić information content (AvgIpc) is 3.29. The summed E-state index contributed by atoms with van der Waals surface area (Å²) in [6.45, 7) is 2.02. The van der Waals surface area contributed by atoms with Crippen molar-refractivity contribution >= 4 is 40.8 Å². The van der Waals surface area contributed by atoms with E-state index in [2.05, 4.69) is 27.7 Å². The molecule has 0 saturated carbocycles. The molecule has 0 radical (unpaired) electrons. The fourth-order valence-corrected chi connectivity index (χ4v) is 5.52. The second-order valence-electron chi connectivity index (χ2n) is 6.93. The van der Waals surface area contributed by atoms with Gasteiger partial charge in [0.15, 0.2) is 0 Å². The molecule has 6 nitrogen and oxygen atoms in total. The molecule has 0 saturated heterocycles. The van der Waals surface area contributed by atoms with Crippen molar-refractivity contribution < 1.29 is 4.79 Å². The number of amides is 1. The number of fused-ring (bicyclic) bond motifs is 2. The largest absolute Gasteiger partial charge is 0.278 e. The summed E-state index contributed by atoms with van der Waals surface area (Å²) in [5.41, 5.74) is 2.69. The van der Waals surface area contributed by atoms with Crippen molar-refractivity contribution in [3.63, 3.8) is 0 Å². The number of hydrogen-bond donors (Lipinski definition) is 0. The zero-order chi connectivity index (χ0) is 21.2. The molecule has 1 aliphatic heterocycles. The minimum atomic E-state index is -0.335. The van der Waals surface area contributed by atoms with E-state index in [1.54, 1.807) is 16.4 Å². The molecule has 0 unspecified atom stereocenters. The molecule has 5 rings (SSSR count). The lowest BCUT2D eigenvalue weighted by molar-refractivity contribution is -0.117. The number of benzene rings is 3. The van der Waals surface area contributed by atoms with Gasteiger partial charge in [0, 0.05) is 9.79 Å². The highest BCUT2D eigenvalue weighted by atomic mass is 32.2. The summed E-state index contributed by atoms with van der Waals surface area (Å²) in [6.07, 6.45) is 0.652. The van der Waals surface area contributed by atoms with Crippen LogP contribution < -0.4 is 4.90 Å². The van der Waals surface area contributed by atoms with Crippen molar-refractivity contribution in [2.24, 2.45) is 0 Å². The summed E-state index contributed by atoms with van der Waals surface area (Å²) in [5, 5.41) is 12.4. The quantitative estimate of drug-likeness (QED) is 0.385. The Hall–Kier alpha value is -3.10. The van der Waals surface area contributed by atoms with Crippen LogP contribution in [0.4, 0.5) is 11.4 Å². The van der Waals surface area contributed by atoms with E-state index in [1.807, 2.05) is 78.6 Å². The molecule has 31 heavy (non-hydrogen) atoms. The normalized spacial score (nSPS) is 13.4. The molecule has 0 aliphatic carbocycles. The van der Waals surface area contributed by atoms with Crippen LogP contribution in [-0.2, 0) is 4.79 Å². The van der Waals surface area contributed by atoms with Gasteiger partial charge in [0.2, 0.25) is 11.1 Å². The van der Waals surface area contributed by atoms with E-state index >= 15 is 0 Å². The smallest absolute Gasteiger partial charge is 0.245 e.